The molecule has 2 heterocycles. The van der Waals surface area contributed by atoms with Crippen molar-refractivity contribution >= 4 is 16.0 Å². The standard InChI is InChI=1S/C13H21N3O4S/c1-13(2,3)10-4-5-16(7-10)21(19,20)11-6-14-15(8-11)9-12(17)18/h6,8,10H,4-5,7,9H2,1-3H3,(H,17,18). The van der Waals surface area contributed by atoms with Crippen LogP contribution in [0.4, 0.5) is 0 Å². The van der Waals surface area contributed by atoms with Crippen molar-refractivity contribution in [2.45, 2.75) is 38.6 Å². The molecular formula is C13H21N3O4S. The fraction of sp³-hybridized carbons (Fsp3) is 0.692. The van der Waals surface area contributed by atoms with Crippen LogP contribution in [0.25, 0.3) is 0 Å². The van der Waals surface area contributed by atoms with Crippen molar-refractivity contribution in [2.75, 3.05) is 13.1 Å². The zero-order valence-electron chi connectivity index (χ0n) is 12.5. The summed E-state index contributed by atoms with van der Waals surface area (Å²) in [6.45, 7) is 6.97. The van der Waals surface area contributed by atoms with Crippen molar-refractivity contribution in [2.24, 2.45) is 11.3 Å². The molecule has 1 aliphatic rings. The summed E-state index contributed by atoms with van der Waals surface area (Å²) < 4.78 is 27.6. The maximum absolute atomic E-state index is 12.5. The molecule has 2 rings (SSSR count). The predicted octanol–water partition coefficient (Wildman–Crippen LogP) is 1.02. The van der Waals surface area contributed by atoms with Crippen LogP contribution in [0.2, 0.25) is 0 Å². The third kappa shape index (κ3) is 3.44. The number of sulfonamides is 1. The van der Waals surface area contributed by atoms with E-state index < -0.39 is 16.0 Å². The first-order valence-corrected chi connectivity index (χ1v) is 8.29. The minimum Gasteiger partial charge on any atom is -0.480 e. The molecule has 1 fully saturated rings. The average molecular weight is 315 g/mol. The number of nitrogens with zero attached hydrogens (tertiary/aromatic N) is 3. The molecule has 0 aromatic carbocycles. The van der Waals surface area contributed by atoms with Crippen LogP contribution >= 0.6 is 0 Å². The van der Waals surface area contributed by atoms with Crippen LogP contribution in [0.3, 0.4) is 0 Å². The van der Waals surface area contributed by atoms with Crippen LogP contribution < -0.4 is 0 Å². The first-order valence-electron chi connectivity index (χ1n) is 6.85. The summed E-state index contributed by atoms with van der Waals surface area (Å²) in [7, 11) is -3.59. The molecule has 1 aliphatic heterocycles. The Bertz CT molecular complexity index is 630. The smallest absolute Gasteiger partial charge is 0.325 e. The second-order valence-corrected chi connectivity index (χ2v) is 8.42. The molecule has 21 heavy (non-hydrogen) atoms. The zero-order valence-corrected chi connectivity index (χ0v) is 13.3. The number of rotatable bonds is 4. The minimum absolute atomic E-state index is 0.0540. The number of aliphatic carboxylic acids is 1. The molecule has 8 heteroatoms. The van der Waals surface area contributed by atoms with Gasteiger partial charge in [0.05, 0.1) is 6.20 Å². The van der Waals surface area contributed by atoms with E-state index in [2.05, 4.69) is 25.9 Å². The van der Waals surface area contributed by atoms with Crippen molar-refractivity contribution in [3.63, 3.8) is 0 Å². The number of carboxylic acid groups (broad SMARTS) is 1. The molecule has 0 spiro atoms. The Labute approximate surface area is 124 Å². The van der Waals surface area contributed by atoms with Gasteiger partial charge >= 0.3 is 5.97 Å². The van der Waals surface area contributed by atoms with Gasteiger partial charge in [-0.3, -0.25) is 9.48 Å². The highest BCUT2D eigenvalue weighted by Gasteiger charge is 2.38. The largest absolute Gasteiger partial charge is 0.480 e. The molecular weight excluding hydrogens is 294 g/mol. The summed E-state index contributed by atoms with van der Waals surface area (Å²) in [6, 6.07) is 0. The topological polar surface area (TPSA) is 92.5 Å². The molecule has 1 atom stereocenters. The van der Waals surface area contributed by atoms with Gasteiger partial charge in [-0.05, 0) is 17.8 Å². The Kier molecular flexibility index (Phi) is 4.12. The molecule has 0 bridgehead atoms. The normalized spacial score (nSPS) is 20.8. The number of aromatic nitrogens is 2. The van der Waals surface area contributed by atoms with Gasteiger partial charge in [0.15, 0.2) is 0 Å². The van der Waals surface area contributed by atoms with E-state index in [1.807, 2.05) is 0 Å². The average Bonchev–Trinajstić information content (AvgIpc) is 2.94. The van der Waals surface area contributed by atoms with Gasteiger partial charge in [-0.25, -0.2) is 8.42 Å². The van der Waals surface area contributed by atoms with Crippen molar-refractivity contribution in [3.8, 4) is 0 Å². The van der Waals surface area contributed by atoms with Crippen LogP contribution in [0.5, 0.6) is 0 Å². The van der Waals surface area contributed by atoms with E-state index in [1.54, 1.807) is 0 Å². The number of hydrogen-bond donors (Lipinski definition) is 1. The Morgan fingerprint density at radius 3 is 2.67 bits per heavy atom. The first kappa shape index (κ1) is 16.0. The highest BCUT2D eigenvalue weighted by Crippen LogP contribution is 2.35. The Morgan fingerprint density at radius 2 is 2.14 bits per heavy atom. The zero-order chi connectivity index (χ0) is 15.8. The van der Waals surface area contributed by atoms with E-state index in [0.29, 0.717) is 19.0 Å². The SMILES string of the molecule is CC(C)(C)C1CCN(S(=O)(=O)c2cnn(CC(=O)O)c2)C1. The van der Waals surface area contributed by atoms with E-state index in [9.17, 15) is 13.2 Å². The van der Waals surface area contributed by atoms with Crippen LogP contribution in [0.1, 0.15) is 27.2 Å². The summed E-state index contributed by atoms with van der Waals surface area (Å²) in [5.74, 6) is -0.739. The summed E-state index contributed by atoms with van der Waals surface area (Å²) in [6.07, 6.45) is 3.32. The highest BCUT2D eigenvalue weighted by atomic mass is 32.2. The number of carboxylic acids is 1. The van der Waals surface area contributed by atoms with E-state index in [0.717, 1.165) is 11.1 Å². The molecule has 0 aliphatic carbocycles. The number of carbonyl (C=O) groups is 1. The van der Waals surface area contributed by atoms with E-state index in [4.69, 9.17) is 5.11 Å². The first-order chi connectivity index (χ1) is 9.60. The summed E-state index contributed by atoms with van der Waals surface area (Å²) in [5, 5.41) is 12.5. The molecule has 7 nitrogen and oxygen atoms in total. The van der Waals surface area contributed by atoms with Gasteiger partial charge in [0.1, 0.15) is 11.4 Å². The van der Waals surface area contributed by atoms with Gasteiger partial charge in [0.2, 0.25) is 10.0 Å². The van der Waals surface area contributed by atoms with E-state index in [-0.39, 0.29) is 16.9 Å². The van der Waals surface area contributed by atoms with Gasteiger partial charge in [-0.15, -0.1) is 0 Å². The molecule has 1 N–H and O–H groups in total. The fourth-order valence-corrected chi connectivity index (χ4v) is 3.96. The van der Waals surface area contributed by atoms with E-state index >= 15 is 0 Å². The molecule has 1 aromatic heterocycles. The maximum Gasteiger partial charge on any atom is 0.325 e. The van der Waals surface area contributed by atoms with Crippen molar-refractivity contribution < 1.29 is 18.3 Å². The summed E-state index contributed by atoms with van der Waals surface area (Å²) >= 11 is 0. The lowest BCUT2D eigenvalue weighted by Gasteiger charge is -2.26. The fourth-order valence-electron chi connectivity index (χ4n) is 2.51. The van der Waals surface area contributed by atoms with Crippen LogP contribution in [-0.2, 0) is 21.4 Å². The molecule has 0 saturated carbocycles. The van der Waals surface area contributed by atoms with Crippen molar-refractivity contribution in [1.29, 1.82) is 0 Å². The molecule has 1 aromatic rings. The highest BCUT2D eigenvalue weighted by molar-refractivity contribution is 7.89. The quantitative estimate of drug-likeness (QED) is 0.895. The molecule has 118 valence electrons. The molecule has 1 unspecified atom stereocenters. The van der Waals surface area contributed by atoms with Gasteiger partial charge in [-0.1, -0.05) is 20.8 Å². The summed E-state index contributed by atoms with van der Waals surface area (Å²) in [4.78, 5) is 10.7. The third-order valence-electron chi connectivity index (χ3n) is 3.92. The van der Waals surface area contributed by atoms with Crippen LogP contribution in [0.15, 0.2) is 17.3 Å². The summed E-state index contributed by atoms with van der Waals surface area (Å²) in [5.41, 5.74) is 0.0672. The van der Waals surface area contributed by atoms with Crippen LogP contribution in [0, 0.1) is 11.3 Å². The molecule has 1 saturated heterocycles. The monoisotopic (exact) mass is 315 g/mol. The maximum atomic E-state index is 12.5. The van der Waals surface area contributed by atoms with Gasteiger partial charge in [-0.2, -0.15) is 9.40 Å². The Balaban J connectivity index is 2.16. The number of hydrogen-bond acceptors (Lipinski definition) is 4. The van der Waals surface area contributed by atoms with Crippen molar-refractivity contribution in [1.82, 2.24) is 14.1 Å². The lowest BCUT2D eigenvalue weighted by molar-refractivity contribution is -0.137. The Hall–Kier alpha value is -1.41. The van der Waals surface area contributed by atoms with Gasteiger partial charge < -0.3 is 5.11 Å². The lowest BCUT2D eigenvalue weighted by atomic mass is 9.80. The lowest BCUT2D eigenvalue weighted by Crippen LogP contribution is -2.31. The van der Waals surface area contributed by atoms with E-state index in [1.165, 1.54) is 16.7 Å². The van der Waals surface area contributed by atoms with Crippen LogP contribution in [-0.4, -0.2) is 46.7 Å². The molecule has 0 radical (unpaired) electrons. The molecule has 0 amide bonds. The van der Waals surface area contributed by atoms with Crippen molar-refractivity contribution in [3.05, 3.63) is 12.4 Å². The second kappa shape index (κ2) is 5.42. The Morgan fingerprint density at radius 1 is 1.48 bits per heavy atom. The van der Waals surface area contributed by atoms with Gasteiger partial charge in [0, 0.05) is 19.3 Å². The second-order valence-electron chi connectivity index (χ2n) is 6.48. The van der Waals surface area contributed by atoms with Gasteiger partial charge in [0.25, 0.3) is 0 Å². The minimum atomic E-state index is -3.59. The predicted molar refractivity (Wildman–Crippen MR) is 76.2 cm³/mol. The third-order valence-corrected chi connectivity index (χ3v) is 5.74.